The average molecular weight is 606 g/mol. The van der Waals surface area contributed by atoms with E-state index < -0.39 is 5.97 Å². The zero-order chi connectivity index (χ0) is 23.7. The molecule has 6 nitrogen and oxygen atoms in total. The maximum absolute atomic E-state index is 12.8. The fraction of sp³-hybridized carbons (Fsp3) is 0.407. The summed E-state index contributed by atoms with van der Waals surface area (Å²) >= 11 is 3.45. The maximum atomic E-state index is 12.8. The topological polar surface area (TPSA) is 82.5 Å². The average Bonchev–Trinajstić information content (AvgIpc) is 2.87. The largest absolute Gasteiger partial charge is 0.507 e. The molecule has 0 aliphatic carbocycles. The number of rotatable bonds is 5. The summed E-state index contributed by atoms with van der Waals surface area (Å²) in [4.78, 5) is 17.8. The van der Waals surface area contributed by atoms with Gasteiger partial charge in [0.05, 0.1) is 40.4 Å². The summed E-state index contributed by atoms with van der Waals surface area (Å²) < 4.78 is 1.37. The number of nitrogens with zero attached hydrogens (tertiary/aromatic N) is 2. The predicted octanol–water partition coefficient (Wildman–Crippen LogP) is 5.90. The van der Waals surface area contributed by atoms with Gasteiger partial charge in [0, 0.05) is 42.4 Å². The van der Waals surface area contributed by atoms with Crippen molar-refractivity contribution in [3.8, 4) is 17.0 Å². The van der Waals surface area contributed by atoms with Crippen molar-refractivity contribution >= 4 is 49.8 Å². The number of halogens is 2. The molecular formula is C27H32Br2N3O3+. The van der Waals surface area contributed by atoms with Crippen molar-refractivity contribution in [1.29, 1.82) is 0 Å². The fourth-order valence-electron chi connectivity index (χ4n) is 6.02. The van der Waals surface area contributed by atoms with Crippen LogP contribution in [-0.4, -0.2) is 57.9 Å². The second kappa shape index (κ2) is 10.9. The van der Waals surface area contributed by atoms with Crippen molar-refractivity contribution in [2.24, 2.45) is 0 Å². The van der Waals surface area contributed by atoms with E-state index in [1.165, 1.54) is 19.3 Å². The SMILES string of the molecule is Br.O=C(O)c1c(C[N+]2(C3CCNCC3)CCCCC2)c(-c2ccccc2)nc2c(Br)c(O)ccc12. The third-order valence-electron chi connectivity index (χ3n) is 7.70. The van der Waals surface area contributed by atoms with Gasteiger partial charge in [-0.1, -0.05) is 30.3 Å². The molecule has 0 unspecified atom stereocenters. The van der Waals surface area contributed by atoms with Gasteiger partial charge in [-0.15, -0.1) is 17.0 Å². The van der Waals surface area contributed by atoms with Crippen molar-refractivity contribution < 1.29 is 19.5 Å². The van der Waals surface area contributed by atoms with E-state index in [0.29, 0.717) is 39.2 Å². The number of likely N-dealkylation sites (tertiary alicyclic amines) is 1. The van der Waals surface area contributed by atoms with Crippen molar-refractivity contribution in [1.82, 2.24) is 10.3 Å². The molecule has 8 heteroatoms. The van der Waals surface area contributed by atoms with E-state index in [0.717, 1.165) is 54.6 Å². The molecule has 1 aromatic heterocycles. The molecule has 0 atom stereocenters. The molecule has 0 saturated carbocycles. The number of hydrogen-bond acceptors (Lipinski definition) is 4. The lowest BCUT2D eigenvalue weighted by molar-refractivity contribution is -0.968. The summed E-state index contributed by atoms with van der Waals surface area (Å²) in [7, 11) is 0. The summed E-state index contributed by atoms with van der Waals surface area (Å²) in [5.74, 6) is -0.894. The van der Waals surface area contributed by atoms with E-state index in [4.69, 9.17) is 4.98 Å². The second-order valence-electron chi connectivity index (χ2n) is 9.65. The van der Waals surface area contributed by atoms with Gasteiger partial charge in [-0.05, 0) is 47.3 Å². The zero-order valence-corrected chi connectivity index (χ0v) is 23.0. The number of carboxylic acids is 1. The molecule has 3 N–H and O–H groups in total. The number of quaternary nitrogens is 1. The summed E-state index contributed by atoms with van der Waals surface area (Å²) in [5.41, 5.74) is 3.20. The van der Waals surface area contributed by atoms with E-state index in [2.05, 4.69) is 21.2 Å². The van der Waals surface area contributed by atoms with Crippen molar-refractivity contribution in [2.75, 3.05) is 26.2 Å². The number of hydrogen-bond donors (Lipinski definition) is 3. The van der Waals surface area contributed by atoms with Crippen molar-refractivity contribution in [3.63, 3.8) is 0 Å². The lowest BCUT2D eigenvalue weighted by Gasteiger charge is -2.49. The van der Waals surface area contributed by atoms with E-state index in [1.54, 1.807) is 12.1 Å². The molecule has 2 saturated heterocycles. The van der Waals surface area contributed by atoms with Crippen LogP contribution in [0.2, 0.25) is 0 Å². The number of aromatic hydroxyl groups is 1. The van der Waals surface area contributed by atoms with Crippen LogP contribution in [0.25, 0.3) is 22.2 Å². The minimum atomic E-state index is -0.947. The smallest absolute Gasteiger partial charge is 0.336 e. The lowest BCUT2D eigenvalue weighted by Crippen LogP contribution is -2.60. The standard InChI is InChI=1S/C27H30BrN3O3.BrH/c28-24-22(32)10-9-20-23(27(33)34)21(25(30-26(20)24)18-7-3-1-4-8-18)17-31(15-5-2-6-16-31)19-11-13-29-14-12-19;/h1,3-4,7-10,19,29H,2,5-6,11-17H2,(H-,30,32,33,34);1H/p+1. The first-order chi connectivity index (χ1) is 16.5. The minimum Gasteiger partial charge on any atom is -0.507 e. The summed E-state index contributed by atoms with van der Waals surface area (Å²) in [5, 5.41) is 24.9. The van der Waals surface area contributed by atoms with E-state index in [9.17, 15) is 15.0 Å². The molecular weight excluding hydrogens is 574 g/mol. The van der Waals surface area contributed by atoms with Gasteiger partial charge in [0.2, 0.25) is 0 Å². The number of carbonyl (C=O) groups is 1. The molecule has 2 aliphatic rings. The number of pyridine rings is 1. The quantitative estimate of drug-likeness (QED) is 0.316. The molecule has 3 heterocycles. The van der Waals surface area contributed by atoms with Gasteiger partial charge in [0.1, 0.15) is 12.3 Å². The third kappa shape index (κ3) is 4.99. The Labute approximate surface area is 224 Å². The number of nitrogens with one attached hydrogen (secondary N) is 1. The number of aromatic carboxylic acids is 1. The molecule has 2 aromatic carbocycles. The first-order valence-corrected chi connectivity index (χ1v) is 13.0. The van der Waals surface area contributed by atoms with Gasteiger partial charge in [-0.3, -0.25) is 0 Å². The number of fused-ring (bicyclic) bond motifs is 1. The van der Waals surface area contributed by atoms with E-state index in [1.807, 2.05) is 30.3 Å². The molecule has 186 valence electrons. The third-order valence-corrected chi connectivity index (χ3v) is 8.48. The number of piperidine rings is 2. The van der Waals surface area contributed by atoms with Crippen LogP contribution in [0.5, 0.6) is 5.75 Å². The highest BCUT2D eigenvalue weighted by atomic mass is 79.9. The number of phenolic OH excluding ortho intramolecular Hbond substituents is 1. The summed E-state index contributed by atoms with van der Waals surface area (Å²) in [6.07, 6.45) is 5.82. The summed E-state index contributed by atoms with van der Waals surface area (Å²) in [6, 6.07) is 13.6. The van der Waals surface area contributed by atoms with Gasteiger partial charge in [-0.25, -0.2) is 9.78 Å². The Kier molecular flexibility index (Phi) is 8.16. The summed E-state index contributed by atoms with van der Waals surface area (Å²) in [6.45, 7) is 4.86. The van der Waals surface area contributed by atoms with E-state index >= 15 is 0 Å². The fourth-order valence-corrected chi connectivity index (χ4v) is 6.46. The van der Waals surface area contributed by atoms with Crippen LogP contribution in [0.1, 0.15) is 48.0 Å². The molecule has 35 heavy (non-hydrogen) atoms. The Bertz CT molecular complexity index is 1210. The Balaban J connectivity index is 0.00000289. The predicted molar refractivity (Wildman–Crippen MR) is 147 cm³/mol. The van der Waals surface area contributed by atoms with Crippen LogP contribution in [0.4, 0.5) is 0 Å². The van der Waals surface area contributed by atoms with E-state index in [-0.39, 0.29) is 22.7 Å². The first kappa shape index (κ1) is 26.1. The molecule has 0 radical (unpaired) electrons. The molecule has 0 amide bonds. The zero-order valence-electron chi connectivity index (χ0n) is 19.7. The van der Waals surface area contributed by atoms with Gasteiger partial charge in [0.15, 0.2) is 0 Å². The molecule has 3 aromatic rings. The maximum Gasteiger partial charge on any atom is 0.336 e. The Morgan fingerprint density at radius 3 is 2.40 bits per heavy atom. The van der Waals surface area contributed by atoms with Crippen LogP contribution < -0.4 is 5.32 Å². The van der Waals surface area contributed by atoms with Gasteiger partial charge >= 0.3 is 5.97 Å². The molecule has 0 spiro atoms. The van der Waals surface area contributed by atoms with Gasteiger partial charge in [0.25, 0.3) is 0 Å². The highest BCUT2D eigenvalue weighted by Crippen LogP contribution is 2.40. The number of carboxylic acid groups (broad SMARTS) is 1. The van der Waals surface area contributed by atoms with Crippen LogP contribution in [0.15, 0.2) is 46.9 Å². The Hall–Kier alpha value is -2.00. The minimum absolute atomic E-state index is 0. The number of phenols is 1. The number of benzene rings is 2. The van der Waals surface area contributed by atoms with Crippen LogP contribution in [0, 0.1) is 0 Å². The number of aromatic nitrogens is 1. The lowest BCUT2D eigenvalue weighted by atomic mass is 9.91. The normalized spacial score (nSPS) is 18.2. The monoisotopic (exact) mass is 604 g/mol. The molecule has 0 bridgehead atoms. The second-order valence-corrected chi connectivity index (χ2v) is 10.4. The molecule has 2 aliphatic heterocycles. The van der Waals surface area contributed by atoms with Gasteiger partial charge < -0.3 is 20.0 Å². The van der Waals surface area contributed by atoms with Crippen LogP contribution >= 0.6 is 32.9 Å². The Morgan fingerprint density at radius 1 is 1.06 bits per heavy atom. The highest BCUT2D eigenvalue weighted by Gasteiger charge is 2.41. The van der Waals surface area contributed by atoms with Crippen molar-refractivity contribution in [2.45, 2.75) is 44.7 Å². The van der Waals surface area contributed by atoms with Crippen LogP contribution in [0.3, 0.4) is 0 Å². The Morgan fingerprint density at radius 2 is 1.74 bits per heavy atom. The van der Waals surface area contributed by atoms with Crippen LogP contribution in [-0.2, 0) is 6.54 Å². The highest BCUT2D eigenvalue weighted by molar-refractivity contribution is 9.10. The van der Waals surface area contributed by atoms with Crippen molar-refractivity contribution in [3.05, 3.63) is 58.1 Å². The molecule has 2 fully saturated rings. The van der Waals surface area contributed by atoms with Gasteiger partial charge in [-0.2, -0.15) is 0 Å². The molecule has 5 rings (SSSR count). The first-order valence-electron chi connectivity index (χ1n) is 12.2.